The zero-order valence-corrected chi connectivity index (χ0v) is 14.2. The Labute approximate surface area is 143 Å². The van der Waals surface area contributed by atoms with Crippen molar-refractivity contribution in [1.29, 1.82) is 5.26 Å². The molecule has 2 aromatic heterocycles. The molecule has 0 amide bonds. The smallest absolute Gasteiger partial charge is 0.226 e. The monoisotopic (exact) mass is 342 g/mol. The Morgan fingerprint density at radius 1 is 1.29 bits per heavy atom. The molecule has 3 aromatic rings. The van der Waals surface area contributed by atoms with Crippen LogP contribution in [0.25, 0.3) is 11.2 Å². The molecule has 1 N–H and O–H groups in total. The van der Waals surface area contributed by atoms with E-state index in [2.05, 4.69) is 26.3 Å². The number of nitrogens with zero attached hydrogens (tertiary/aromatic N) is 5. The molecular weight excluding hydrogens is 328 g/mol. The van der Waals surface area contributed by atoms with Crippen LogP contribution in [0.15, 0.2) is 24.5 Å². The molecule has 0 aliphatic carbocycles. The number of aromatic nitrogens is 4. The zero-order valence-electron chi connectivity index (χ0n) is 13.4. The van der Waals surface area contributed by atoms with Gasteiger partial charge in [0, 0.05) is 17.8 Å². The number of methoxy groups -OCH3 is 1. The standard InChI is InChI=1S/C16H15ClN6O/c1-9(2)23-8-19-13-14(21-16(17)22-15(13)23)20-11-4-10(7-18)5-12(6-11)24-3/h4-6,8-9H,1-3H3,(H,20,21,22). The van der Waals surface area contributed by atoms with Crippen molar-refractivity contribution in [2.24, 2.45) is 0 Å². The van der Waals surface area contributed by atoms with Gasteiger partial charge in [0.1, 0.15) is 5.75 Å². The Morgan fingerprint density at radius 3 is 2.75 bits per heavy atom. The van der Waals surface area contributed by atoms with E-state index in [1.54, 1.807) is 31.6 Å². The largest absolute Gasteiger partial charge is 0.497 e. The van der Waals surface area contributed by atoms with Crippen LogP contribution < -0.4 is 10.1 Å². The lowest BCUT2D eigenvalue weighted by Gasteiger charge is -2.10. The molecule has 0 saturated heterocycles. The van der Waals surface area contributed by atoms with Crippen LogP contribution in [0.1, 0.15) is 25.5 Å². The van der Waals surface area contributed by atoms with Crippen molar-refractivity contribution >= 4 is 34.3 Å². The lowest BCUT2D eigenvalue weighted by atomic mass is 10.2. The van der Waals surface area contributed by atoms with E-state index in [0.717, 1.165) is 0 Å². The number of imidazole rings is 1. The van der Waals surface area contributed by atoms with Crippen molar-refractivity contribution in [2.75, 3.05) is 12.4 Å². The van der Waals surface area contributed by atoms with Gasteiger partial charge in [-0.1, -0.05) is 0 Å². The summed E-state index contributed by atoms with van der Waals surface area (Å²) in [5.41, 5.74) is 2.38. The summed E-state index contributed by atoms with van der Waals surface area (Å²) in [4.78, 5) is 12.9. The summed E-state index contributed by atoms with van der Waals surface area (Å²) in [6.07, 6.45) is 1.71. The van der Waals surface area contributed by atoms with Crippen LogP contribution in [0.4, 0.5) is 11.5 Å². The van der Waals surface area contributed by atoms with Gasteiger partial charge in [-0.15, -0.1) is 0 Å². The highest BCUT2D eigenvalue weighted by molar-refractivity contribution is 6.28. The van der Waals surface area contributed by atoms with Gasteiger partial charge in [0.25, 0.3) is 0 Å². The second-order valence-corrected chi connectivity index (χ2v) is 5.78. The molecule has 0 aliphatic rings. The molecular formula is C16H15ClN6O. The summed E-state index contributed by atoms with van der Waals surface area (Å²) < 4.78 is 7.13. The first kappa shape index (κ1) is 16.0. The van der Waals surface area contributed by atoms with Gasteiger partial charge >= 0.3 is 0 Å². The lowest BCUT2D eigenvalue weighted by molar-refractivity contribution is 0.415. The molecule has 0 spiro atoms. The number of benzene rings is 1. The molecule has 1 aromatic carbocycles. The van der Waals surface area contributed by atoms with E-state index in [0.29, 0.717) is 34.0 Å². The highest BCUT2D eigenvalue weighted by atomic mass is 35.5. The fourth-order valence-electron chi connectivity index (χ4n) is 2.35. The topological polar surface area (TPSA) is 88.7 Å². The van der Waals surface area contributed by atoms with Crippen molar-refractivity contribution in [3.63, 3.8) is 0 Å². The maximum absolute atomic E-state index is 9.13. The van der Waals surface area contributed by atoms with Crippen LogP contribution in [-0.4, -0.2) is 26.6 Å². The summed E-state index contributed by atoms with van der Waals surface area (Å²) in [5.74, 6) is 1.04. The SMILES string of the molecule is COc1cc(C#N)cc(Nc2nc(Cl)nc3c2ncn3C(C)C)c1. The molecule has 0 aliphatic heterocycles. The van der Waals surface area contributed by atoms with E-state index in [-0.39, 0.29) is 11.3 Å². The van der Waals surface area contributed by atoms with Gasteiger partial charge in [0.2, 0.25) is 5.28 Å². The van der Waals surface area contributed by atoms with Crippen molar-refractivity contribution < 1.29 is 4.74 Å². The Balaban J connectivity index is 2.09. The van der Waals surface area contributed by atoms with Crippen molar-refractivity contribution in [2.45, 2.75) is 19.9 Å². The number of fused-ring (bicyclic) bond motifs is 1. The maximum atomic E-state index is 9.13. The average Bonchev–Trinajstić information content (AvgIpc) is 2.98. The molecule has 7 nitrogen and oxygen atoms in total. The number of nitrogens with one attached hydrogen (secondary N) is 1. The van der Waals surface area contributed by atoms with Gasteiger partial charge in [-0.05, 0) is 37.6 Å². The number of rotatable bonds is 4. The van der Waals surface area contributed by atoms with E-state index in [4.69, 9.17) is 21.6 Å². The molecule has 0 unspecified atom stereocenters. The van der Waals surface area contributed by atoms with Gasteiger partial charge < -0.3 is 14.6 Å². The van der Waals surface area contributed by atoms with E-state index >= 15 is 0 Å². The molecule has 8 heteroatoms. The van der Waals surface area contributed by atoms with Gasteiger partial charge in [-0.25, -0.2) is 4.98 Å². The Morgan fingerprint density at radius 2 is 2.08 bits per heavy atom. The van der Waals surface area contributed by atoms with Crippen LogP contribution in [0.2, 0.25) is 5.28 Å². The highest BCUT2D eigenvalue weighted by Crippen LogP contribution is 2.28. The fourth-order valence-corrected chi connectivity index (χ4v) is 2.51. The first-order chi connectivity index (χ1) is 11.5. The fraction of sp³-hybridized carbons (Fsp3) is 0.250. The van der Waals surface area contributed by atoms with Gasteiger partial charge in [-0.3, -0.25) is 0 Å². The van der Waals surface area contributed by atoms with Crippen molar-refractivity contribution in [3.05, 3.63) is 35.4 Å². The molecule has 24 heavy (non-hydrogen) atoms. The average molecular weight is 343 g/mol. The number of hydrogen-bond acceptors (Lipinski definition) is 6. The second-order valence-electron chi connectivity index (χ2n) is 5.45. The number of anilines is 2. The Hall–Kier alpha value is -2.85. The molecule has 0 fully saturated rings. The summed E-state index contributed by atoms with van der Waals surface area (Å²) in [6.45, 7) is 4.07. The maximum Gasteiger partial charge on any atom is 0.226 e. The normalized spacial score (nSPS) is 10.8. The molecule has 122 valence electrons. The number of hydrogen-bond donors (Lipinski definition) is 1. The van der Waals surface area contributed by atoms with Crippen LogP contribution >= 0.6 is 11.6 Å². The molecule has 0 saturated carbocycles. The number of ether oxygens (including phenoxy) is 1. The molecule has 3 rings (SSSR count). The quantitative estimate of drug-likeness (QED) is 0.727. The first-order valence-corrected chi connectivity index (χ1v) is 7.66. The van der Waals surface area contributed by atoms with E-state index in [9.17, 15) is 0 Å². The summed E-state index contributed by atoms with van der Waals surface area (Å²) in [7, 11) is 1.55. The number of halogens is 1. The first-order valence-electron chi connectivity index (χ1n) is 7.28. The Bertz CT molecular complexity index is 944. The third-order valence-electron chi connectivity index (χ3n) is 3.48. The molecule has 2 heterocycles. The van der Waals surface area contributed by atoms with Crippen LogP contribution in [0.5, 0.6) is 5.75 Å². The summed E-state index contributed by atoms with van der Waals surface area (Å²) in [5, 5.41) is 12.4. The van der Waals surface area contributed by atoms with E-state index < -0.39 is 0 Å². The number of nitriles is 1. The third kappa shape index (κ3) is 2.96. The molecule has 0 atom stereocenters. The van der Waals surface area contributed by atoms with Crippen LogP contribution in [0, 0.1) is 11.3 Å². The van der Waals surface area contributed by atoms with E-state index in [1.165, 1.54) is 0 Å². The molecule has 0 bridgehead atoms. The molecule has 0 radical (unpaired) electrons. The predicted octanol–water partition coefficient (Wildman–Crippen LogP) is 3.68. The highest BCUT2D eigenvalue weighted by Gasteiger charge is 2.15. The van der Waals surface area contributed by atoms with Gasteiger partial charge in [0.15, 0.2) is 17.0 Å². The Kier molecular flexibility index (Phi) is 4.23. The summed E-state index contributed by atoms with van der Waals surface area (Å²) >= 11 is 6.06. The minimum absolute atomic E-state index is 0.121. The van der Waals surface area contributed by atoms with Crippen molar-refractivity contribution in [3.8, 4) is 11.8 Å². The lowest BCUT2D eigenvalue weighted by Crippen LogP contribution is -2.02. The van der Waals surface area contributed by atoms with E-state index in [1.807, 2.05) is 18.4 Å². The second kappa shape index (κ2) is 6.34. The minimum atomic E-state index is 0.121. The minimum Gasteiger partial charge on any atom is -0.497 e. The van der Waals surface area contributed by atoms with Crippen molar-refractivity contribution in [1.82, 2.24) is 19.5 Å². The van der Waals surface area contributed by atoms with Gasteiger partial charge in [0.05, 0.1) is 25.1 Å². The predicted molar refractivity (Wildman–Crippen MR) is 91.7 cm³/mol. The van der Waals surface area contributed by atoms with Crippen LogP contribution in [0.3, 0.4) is 0 Å². The third-order valence-corrected chi connectivity index (χ3v) is 3.65. The van der Waals surface area contributed by atoms with Gasteiger partial charge in [-0.2, -0.15) is 15.2 Å². The zero-order chi connectivity index (χ0) is 17.3. The summed E-state index contributed by atoms with van der Waals surface area (Å²) in [6, 6.07) is 7.41. The van der Waals surface area contributed by atoms with Crippen LogP contribution in [-0.2, 0) is 0 Å².